The van der Waals surface area contributed by atoms with Gasteiger partial charge in [0.15, 0.2) is 6.04 Å². The predicted molar refractivity (Wildman–Crippen MR) is 113 cm³/mol. The van der Waals surface area contributed by atoms with E-state index in [-0.39, 0.29) is 11.4 Å². The second-order valence-electron chi connectivity index (χ2n) is 6.57. The van der Waals surface area contributed by atoms with E-state index in [9.17, 15) is 15.8 Å². The Morgan fingerprint density at radius 3 is 2.10 bits per heavy atom. The minimum absolute atomic E-state index is 0.0657. The van der Waals surface area contributed by atoms with Gasteiger partial charge in [-0.1, -0.05) is 0 Å². The van der Waals surface area contributed by atoms with Gasteiger partial charge < -0.3 is 37.5 Å². The maximum Gasteiger partial charge on any atom is 0.158 e. The summed E-state index contributed by atoms with van der Waals surface area (Å²) in [6, 6.07) is 3.07. The summed E-state index contributed by atoms with van der Waals surface area (Å²) in [4.78, 5) is 8.82. The van der Waals surface area contributed by atoms with E-state index in [1.807, 2.05) is 12.1 Å². The molecule has 12 heteroatoms. The highest BCUT2D eigenvalue weighted by atomic mass is 15.2. The van der Waals surface area contributed by atoms with Crippen molar-refractivity contribution in [1.29, 1.82) is 32.0 Å². The Morgan fingerprint density at radius 2 is 1.50 bits per heavy atom. The molecule has 0 amide bonds. The minimum Gasteiger partial charge on any atom is -0.371 e. The molecule has 4 rings (SSSR count). The lowest BCUT2D eigenvalue weighted by Crippen LogP contribution is -2.44. The zero-order valence-electron chi connectivity index (χ0n) is 15.3. The summed E-state index contributed by atoms with van der Waals surface area (Å²) >= 11 is 0. The molecule has 0 radical (unpaired) electrons. The fraction of sp³-hybridized carbons (Fsp3) is 0.222. The third-order valence-corrected chi connectivity index (χ3v) is 4.95. The molecular weight excluding hydrogens is 384 g/mol. The molecule has 3 heterocycles. The monoisotopic (exact) mass is 398 g/mol. The second kappa shape index (κ2) is 7.00. The maximum absolute atomic E-state index is 9.50. The first-order chi connectivity index (χ1) is 14.6. The van der Waals surface area contributed by atoms with Gasteiger partial charge in [-0.05, 0) is 0 Å². The van der Waals surface area contributed by atoms with Crippen molar-refractivity contribution in [3.05, 3.63) is 0 Å². The van der Waals surface area contributed by atoms with Gasteiger partial charge in [0, 0.05) is 18.6 Å². The van der Waals surface area contributed by atoms with E-state index in [1.54, 1.807) is 0 Å². The van der Waals surface area contributed by atoms with E-state index in [0.717, 1.165) is 18.6 Å². The van der Waals surface area contributed by atoms with Crippen molar-refractivity contribution in [3.8, 4) is 18.2 Å². The molecule has 3 aliphatic heterocycles. The van der Waals surface area contributed by atoms with Gasteiger partial charge in [-0.2, -0.15) is 15.8 Å². The molecule has 0 aliphatic carbocycles. The van der Waals surface area contributed by atoms with E-state index >= 15 is 0 Å². The number of anilines is 4. The summed E-state index contributed by atoms with van der Waals surface area (Å²) in [5.74, 6) is 0. The molecule has 30 heavy (non-hydrogen) atoms. The number of nitrogens with one attached hydrogen (secondary N) is 7. The molecule has 1 aromatic rings. The maximum atomic E-state index is 9.50. The van der Waals surface area contributed by atoms with Gasteiger partial charge in [0.05, 0.1) is 46.6 Å². The lowest BCUT2D eigenvalue weighted by Gasteiger charge is -2.37. The fourth-order valence-corrected chi connectivity index (χ4v) is 3.51. The van der Waals surface area contributed by atoms with Crippen LogP contribution >= 0.6 is 0 Å². The van der Waals surface area contributed by atoms with Crippen molar-refractivity contribution in [3.63, 3.8) is 0 Å². The van der Waals surface area contributed by atoms with Gasteiger partial charge >= 0.3 is 0 Å². The van der Waals surface area contributed by atoms with Gasteiger partial charge in [-0.25, -0.2) is 9.98 Å². The molecule has 1 aromatic carbocycles. The van der Waals surface area contributed by atoms with Gasteiger partial charge in [0.2, 0.25) is 0 Å². The molecule has 0 aromatic heterocycles. The lowest BCUT2D eigenvalue weighted by molar-refractivity contribution is 0.822. The molecule has 3 aliphatic rings. The van der Waals surface area contributed by atoms with E-state index in [2.05, 4.69) is 37.3 Å². The van der Waals surface area contributed by atoms with Crippen molar-refractivity contribution in [2.75, 3.05) is 21.3 Å². The Morgan fingerprint density at radius 1 is 0.800 bits per heavy atom. The smallest absolute Gasteiger partial charge is 0.158 e. The van der Waals surface area contributed by atoms with Crippen LogP contribution in [0.4, 0.5) is 34.1 Å². The van der Waals surface area contributed by atoms with Gasteiger partial charge in [0.1, 0.15) is 35.2 Å². The van der Waals surface area contributed by atoms with Crippen LogP contribution in [0.3, 0.4) is 0 Å². The fourth-order valence-electron chi connectivity index (χ4n) is 3.51. The average Bonchev–Trinajstić information content (AvgIpc) is 2.81. The van der Waals surface area contributed by atoms with Crippen LogP contribution in [0.5, 0.6) is 0 Å². The van der Waals surface area contributed by atoms with Crippen molar-refractivity contribution in [1.82, 2.24) is 0 Å². The van der Waals surface area contributed by atoms with Crippen molar-refractivity contribution in [2.45, 2.75) is 24.2 Å². The van der Waals surface area contributed by atoms with Crippen LogP contribution in [-0.4, -0.2) is 54.2 Å². The summed E-state index contributed by atoms with van der Waals surface area (Å²) in [6.07, 6.45) is 3.12. The zero-order valence-corrected chi connectivity index (χ0v) is 15.3. The second-order valence-corrected chi connectivity index (χ2v) is 6.57. The van der Waals surface area contributed by atoms with Gasteiger partial charge in [-0.15, -0.1) is 0 Å². The van der Waals surface area contributed by atoms with Crippen LogP contribution in [0.2, 0.25) is 0 Å². The number of fused-ring (bicyclic) bond motifs is 6. The third kappa shape index (κ3) is 2.54. The largest absolute Gasteiger partial charge is 0.371 e. The highest BCUT2D eigenvalue weighted by Gasteiger charge is 2.38. The number of hydrogen-bond acceptors (Lipinski definition) is 12. The Balaban J connectivity index is 2.05. The van der Waals surface area contributed by atoms with Crippen LogP contribution in [0, 0.1) is 50.2 Å². The first-order valence-electron chi connectivity index (χ1n) is 8.78. The summed E-state index contributed by atoms with van der Waals surface area (Å²) in [6.45, 7) is 0. The average molecular weight is 398 g/mol. The molecule has 4 atom stereocenters. The van der Waals surface area contributed by atoms with Crippen LogP contribution < -0.4 is 21.3 Å². The predicted octanol–water partition coefficient (Wildman–Crippen LogP) is 1.51. The van der Waals surface area contributed by atoms with Crippen molar-refractivity contribution < 1.29 is 0 Å². The molecule has 0 bridgehead atoms. The Bertz CT molecular complexity index is 1170. The van der Waals surface area contributed by atoms with E-state index < -0.39 is 24.2 Å². The number of aliphatic imine (C=N–C) groups is 2. The highest BCUT2D eigenvalue weighted by Crippen LogP contribution is 2.56. The number of hydrogen-bond donors (Lipinski definition) is 7. The van der Waals surface area contributed by atoms with Gasteiger partial charge in [0.25, 0.3) is 0 Å². The summed E-state index contributed by atoms with van der Waals surface area (Å²) < 4.78 is 0. The SMILES string of the molecule is N#CC1=Nc2c3c(c4c(c2NC1C=N)NC(C=N)C(C#N)N4)NC(C#N)C(C=N)=N3. The first kappa shape index (κ1) is 18.6. The molecule has 0 spiro atoms. The normalized spacial score (nSPS) is 25.1. The summed E-state index contributed by atoms with van der Waals surface area (Å²) in [5, 5.41) is 63.5. The molecule has 0 saturated heterocycles. The van der Waals surface area contributed by atoms with E-state index in [4.69, 9.17) is 16.2 Å². The van der Waals surface area contributed by atoms with Crippen LogP contribution in [-0.2, 0) is 0 Å². The van der Waals surface area contributed by atoms with E-state index in [1.165, 1.54) is 0 Å². The molecule has 0 saturated carbocycles. The lowest BCUT2D eigenvalue weighted by atomic mass is 9.97. The number of rotatable bonds is 3. The van der Waals surface area contributed by atoms with Crippen LogP contribution in [0.1, 0.15) is 0 Å². The topological polar surface area (TPSA) is 216 Å². The Labute approximate surface area is 170 Å². The van der Waals surface area contributed by atoms with E-state index in [0.29, 0.717) is 34.1 Å². The zero-order chi connectivity index (χ0) is 21.4. The Hall–Kier alpha value is -4.76. The number of benzene rings is 1. The molecule has 146 valence electrons. The molecule has 0 fully saturated rings. The summed E-state index contributed by atoms with van der Waals surface area (Å²) in [7, 11) is 0. The molecule has 12 nitrogen and oxygen atoms in total. The van der Waals surface area contributed by atoms with Crippen molar-refractivity contribution in [2.24, 2.45) is 9.98 Å². The quantitative estimate of drug-likeness (QED) is 0.372. The van der Waals surface area contributed by atoms with Gasteiger partial charge in [-0.3, -0.25) is 0 Å². The first-order valence-corrected chi connectivity index (χ1v) is 8.78. The standard InChI is InChI=1S/C18H14N12/c19-1-7-8(2-20)26-14-13(25-7)15-17(29-10(4-22)9(3-21)27-15)18-16(14)28-11(5-23)12(6-24)30-18/h1,3,5,7,9-10,12,19,21,23,25,27,29-30H. The molecule has 4 unspecified atom stereocenters. The van der Waals surface area contributed by atoms with Crippen LogP contribution in [0.15, 0.2) is 9.98 Å². The van der Waals surface area contributed by atoms with Crippen LogP contribution in [0.25, 0.3) is 0 Å². The number of nitrogens with zero attached hydrogens (tertiary/aromatic N) is 5. The number of nitriles is 3. The minimum atomic E-state index is -0.884. The highest BCUT2D eigenvalue weighted by molar-refractivity contribution is 6.36. The molecular formula is C18H14N12. The van der Waals surface area contributed by atoms with Crippen molar-refractivity contribution >= 4 is 64.2 Å². The molecule has 7 N–H and O–H groups in total. The summed E-state index contributed by atoms with van der Waals surface area (Å²) in [5.41, 5.74) is 2.61. The third-order valence-electron chi connectivity index (χ3n) is 4.95. The Kier molecular flexibility index (Phi) is 4.34.